The van der Waals surface area contributed by atoms with Crippen molar-refractivity contribution in [3.63, 3.8) is 0 Å². The minimum absolute atomic E-state index is 0.0876. The molecule has 1 aromatic heterocycles. The number of hydrogen-bond donors (Lipinski definition) is 0. The fourth-order valence-corrected chi connectivity index (χ4v) is 3.83. The number of fused-ring (bicyclic) bond motifs is 1. The molecule has 2 rings (SSSR count). The van der Waals surface area contributed by atoms with Gasteiger partial charge < -0.3 is 9.30 Å². The van der Waals surface area contributed by atoms with Gasteiger partial charge in [0.05, 0.1) is 28.9 Å². The molecule has 0 fully saturated rings. The van der Waals surface area contributed by atoms with Crippen molar-refractivity contribution < 1.29 is 27.5 Å². The molecule has 10 heteroatoms. The molecule has 0 aliphatic heterocycles. The van der Waals surface area contributed by atoms with Crippen molar-refractivity contribution in [1.29, 1.82) is 0 Å². The Kier molecular flexibility index (Phi) is 6.30. The molecule has 142 valence electrons. The number of ether oxygens (including phenoxy) is 1. The Bertz CT molecular complexity index is 1130. The molecule has 0 unspecified atom stereocenters. The van der Waals surface area contributed by atoms with Crippen LogP contribution in [0, 0.1) is 12.3 Å². The Morgan fingerprint density at radius 3 is 2.63 bits per heavy atom. The number of terminal acetylenes is 1. The zero-order valence-electron chi connectivity index (χ0n) is 14.6. The minimum Gasteiger partial charge on any atom is -0.462 e. The van der Waals surface area contributed by atoms with Gasteiger partial charge in [-0.2, -0.15) is 4.99 Å². The second-order valence-electron chi connectivity index (χ2n) is 5.33. The standard InChI is InChI=1S/C17H16N2O6S2/c1-4-8-19-13-7-6-12(16(22)25-5-2)9-14(13)26-17(19)18-15(21)10-27(23,24)11(3)20/h1,6-7,9H,5,8,10H2,2-3H3. The van der Waals surface area contributed by atoms with Crippen LogP contribution in [-0.4, -0.2) is 42.3 Å². The molecule has 1 heterocycles. The smallest absolute Gasteiger partial charge is 0.338 e. The van der Waals surface area contributed by atoms with Crippen LogP contribution in [0.25, 0.3) is 10.2 Å². The summed E-state index contributed by atoms with van der Waals surface area (Å²) < 4.78 is 30.3. The van der Waals surface area contributed by atoms with Crippen molar-refractivity contribution in [2.75, 3.05) is 12.4 Å². The van der Waals surface area contributed by atoms with E-state index in [-0.39, 0.29) is 18.0 Å². The third kappa shape index (κ3) is 4.69. The van der Waals surface area contributed by atoms with E-state index >= 15 is 0 Å². The molecule has 0 atom stereocenters. The van der Waals surface area contributed by atoms with Crippen LogP contribution in [0.2, 0.25) is 0 Å². The number of rotatable bonds is 5. The van der Waals surface area contributed by atoms with Gasteiger partial charge >= 0.3 is 5.97 Å². The number of nitrogens with zero attached hydrogens (tertiary/aromatic N) is 2. The van der Waals surface area contributed by atoms with Crippen LogP contribution < -0.4 is 4.80 Å². The van der Waals surface area contributed by atoms with E-state index in [4.69, 9.17) is 11.2 Å². The third-order valence-corrected chi connectivity index (χ3v) is 5.96. The van der Waals surface area contributed by atoms with Gasteiger partial charge in [0.25, 0.3) is 5.91 Å². The van der Waals surface area contributed by atoms with Crippen molar-refractivity contribution in [1.82, 2.24) is 4.57 Å². The Morgan fingerprint density at radius 2 is 2.04 bits per heavy atom. The number of hydrogen-bond acceptors (Lipinski definition) is 7. The second-order valence-corrected chi connectivity index (χ2v) is 8.44. The summed E-state index contributed by atoms with van der Waals surface area (Å²) in [4.78, 5) is 38.9. The highest BCUT2D eigenvalue weighted by molar-refractivity contribution is 8.06. The summed E-state index contributed by atoms with van der Waals surface area (Å²) in [5.41, 5.74) is 0.961. The van der Waals surface area contributed by atoms with E-state index in [0.717, 1.165) is 18.3 Å². The maximum Gasteiger partial charge on any atom is 0.338 e. The predicted molar refractivity (Wildman–Crippen MR) is 99.6 cm³/mol. The first-order valence-electron chi connectivity index (χ1n) is 7.74. The van der Waals surface area contributed by atoms with Crippen molar-refractivity contribution in [2.45, 2.75) is 20.4 Å². The van der Waals surface area contributed by atoms with Gasteiger partial charge in [0.1, 0.15) is 5.75 Å². The van der Waals surface area contributed by atoms with Gasteiger partial charge in [0, 0.05) is 6.92 Å². The molecule has 0 aliphatic rings. The van der Waals surface area contributed by atoms with Crippen molar-refractivity contribution in [3.05, 3.63) is 28.6 Å². The molecule has 8 nitrogen and oxygen atoms in total. The van der Waals surface area contributed by atoms with Crippen LogP contribution in [0.4, 0.5) is 0 Å². The van der Waals surface area contributed by atoms with Gasteiger partial charge in [-0.05, 0) is 25.1 Å². The summed E-state index contributed by atoms with van der Waals surface area (Å²) in [5.74, 6) is -0.0449. The Balaban J connectivity index is 2.53. The Labute approximate surface area is 159 Å². The monoisotopic (exact) mass is 408 g/mol. The Hall–Kier alpha value is -2.77. The van der Waals surface area contributed by atoms with Crippen LogP contribution in [0.15, 0.2) is 23.2 Å². The van der Waals surface area contributed by atoms with E-state index in [0.29, 0.717) is 15.8 Å². The van der Waals surface area contributed by atoms with Crippen LogP contribution in [-0.2, 0) is 30.7 Å². The average Bonchev–Trinajstić information content (AvgIpc) is 2.91. The SMILES string of the molecule is C#CCn1c(=NC(=O)CS(=O)(=O)C(C)=O)sc2cc(C(=O)OCC)ccc21. The van der Waals surface area contributed by atoms with Crippen molar-refractivity contribution in [2.24, 2.45) is 4.99 Å². The summed E-state index contributed by atoms with van der Waals surface area (Å²) in [5, 5.41) is -1.10. The molecule has 2 aromatic rings. The largest absolute Gasteiger partial charge is 0.462 e. The fraction of sp³-hybridized carbons (Fsp3) is 0.294. The average molecular weight is 408 g/mol. The summed E-state index contributed by atoms with van der Waals surface area (Å²) >= 11 is 1.07. The number of carbonyl (C=O) groups excluding carboxylic acids is 3. The summed E-state index contributed by atoms with van der Waals surface area (Å²) in [6.07, 6.45) is 5.36. The number of aromatic nitrogens is 1. The molecule has 0 saturated carbocycles. The number of esters is 1. The van der Waals surface area contributed by atoms with E-state index in [1.165, 1.54) is 0 Å². The van der Waals surface area contributed by atoms with E-state index < -0.39 is 32.6 Å². The van der Waals surface area contributed by atoms with E-state index in [1.54, 1.807) is 29.7 Å². The first kappa shape index (κ1) is 20.5. The minimum atomic E-state index is -4.19. The lowest BCUT2D eigenvalue weighted by Gasteiger charge is -2.03. The highest BCUT2D eigenvalue weighted by atomic mass is 32.2. The summed E-state index contributed by atoms with van der Waals surface area (Å²) in [6, 6.07) is 4.79. The van der Waals surface area contributed by atoms with Crippen molar-refractivity contribution in [3.8, 4) is 12.3 Å². The molecular weight excluding hydrogens is 392 g/mol. The first-order valence-corrected chi connectivity index (χ1v) is 10.2. The van der Waals surface area contributed by atoms with Gasteiger partial charge in [-0.1, -0.05) is 17.3 Å². The van der Waals surface area contributed by atoms with Crippen LogP contribution in [0.3, 0.4) is 0 Å². The zero-order chi connectivity index (χ0) is 20.2. The number of sulfone groups is 1. The van der Waals surface area contributed by atoms with Gasteiger partial charge in [-0.15, -0.1) is 6.42 Å². The first-order chi connectivity index (χ1) is 12.7. The van der Waals surface area contributed by atoms with Crippen LogP contribution >= 0.6 is 11.3 Å². The lowest BCUT2D eigenvalue weighted by molar-refractivity contribution is -0.116. The van der Waals surface area contributed by atoms with Crippen LogP contribution in [0.1, 0.15) is 24.2 Å². The number of amides is 1. The number of thiazole rings is 1. The van der Waals surface area contributed by atoms with Gasteiger partial charge in [0.15, 0.2) is 4.80 Å². The molecular formula is C17H16N2O6S2. The van der Waals surface area contributed by atoms with E-state index in [1.807, 2.05) is 0 Å². The Morgan fingerprint density at radius 1 is 1.33 bits per heavy atom. The molecule has 1 aromatic carbocycles. The lowest BCUT2D eigenvalue weighted by Crippen LogP contribution is -2.23. The summed E-state index contributed by atoms with van der Waals surface area (Å²) in [7, 11) is -4.19. The van der Waals surface area contributed by atoms with Gasteiger partial charge in [-0.3, -0.25) is 9.59 Å². The lowest BCUT2D eigenvalue weighted by atomic mass is 10.2. The topological polar surface area (TPSA) is 112 Å². The predicted octanol–water partition coefficient (Wildman–Crippen LogP) is 0.901. The normalized spacial score (nSPS) is 12.0. The van der Waals surface area contributed by atoms with Crippen molar-refractivity contribution >= 4 is 48.4 Å². The highest BCUT2D eigenvalue weighted by Crippen LogP contribution is 2.20. The molecule has 27 heavy (non-hydrogen) atoms. The molecule has 0 saturated heterocycles. The highest BCUT2D eigenvalue weighted by Gasteiger charge is 2.22. The van der Waals surface area contributed by atoms with Crippen LogP contribution in [0.5, 0.6) is 0 Å². The molecule has 1 amide bonds. The molecule has 0 bridgehead atoms. The fourth-order valence-electron chi connectivity index (χ4n) is 2.15. The number of carbonyl (C=O) groups is 3. The maximum atomic E-state index is 12.0. The molecule has 0 aliphatic carbocycles. The van der Waals surface area contributed by atoms with E-state index in [2.05, 4.69) is 10.9 Å². The quantitative estimate of drug-likeness (QED) is 0.537. The third-order valence-electron chi connectivity index (χ3n) is 3.42. The zero-order valence-corrected chi connectivity index (χ0v) is 16.2. The molecule has 0 radical (unpaired) electrons. The maximum absolute atomic E-state index is 12.0. The van der Waals surface area contributed by atoms with E-state index in [9.17, 15) is 22.8 Å². The molecule has 0 spiro atoms. The molecule has 0 N–H and O–H groups in total. The summed E-state index contributed by atoms with van der Waals surface area (Å²) in [6.45, 7) is 2.89. The van der Waals surface area contributed by atoms with Gasteiger partial charge in [-0.25, -0.2) is 13.2 Å². The van der Waals surface area contributed by atoms with Gasteiger partial charge in [0.2, 0.25) is 15.0 Å². The second kappa shape index (κ2) is 8.28. The number of benzene rings is 1.